The average Bonchev–Trinajstić information content (AvgIpc) is 3.25. The number of pyridine rings is 2. The van der Waals surface area contributed by atoms with Crippen molar-refractivity contribution >= 4 is 16.8 Å². The van der Waals surface area contributed by atoms with E-state index in [0.717, 1.165) is 12.1 Å². The van der Waals surface area contributed by atoms with Crippen molar-refractivity contribution in [3.63, 3.8) is 0 Å². The maximum Gasteiger partial charge on any atom is 0.416 e. The highest BCUT2D eigenvalue weighted by molar-refractivity contribution is 6.05. The summed E-state index contributed by atoms with van der Waals surface area (Å²) in [6.45, 7) is 0. The van der Waals surface area contributed by atoms with Gasteiger partial charge in [-0.1, -0.05) is 12.1 Å². The van der Waals surface area contributed by atoms with Crippen molar-refractivity contribution in [3.8, 4) is 0 Å². The van der Waals surface area contributed by atoms with Crippen LogP contribution in [0.5, 0.6) is 0 Å². The van der Waals surface area contributed by atoms with E-state index in [2.05, 4.69) is 30.5 Å². The lowest BCUT2D eigenvalue weighted by Gasteiger charge is -2.19. The summed E-state index contributed by atoms with van der Waals surface area (Å²) in [5, 5.41) is 9.59. The van der Waals surface area contributed by atoms with Gasteiger partial charge in [0, 0.05) is 24.0 Å². The Balaban J connectivity index is 1.73. The molecule has 146 valence electrons. The minimum Gasteiger partial charge on any atom is -0.338 e. The number of hydrogen-bond acceptors (Lipinski definition) is 5. The van der Waals surface area contributed by atoms with Gasteiger partial charge in [0.15, 0.2) is 5.82 Å². The summed E-state index contributed by atoms with van der Waals surface area (Å²) in [5.74, 6) is -0.307. The fraction of sp³-hybridized carbons (Fsp3) is 0.105. The minimum absolute atomic E-state index is 0.203. The van der Waals surface area contributed by atoms with Gasteiger partial charge >= 0.3 is 6.18 Å². The number of fused-ring (bicyclic) bond motifs is 1. The van der Waals surface area contributed by atoms with Crippen LogP contribution in [0, 0.1) is 0 Å². The van der Waals surface area contributed by atoms with E-state index in [9.17, 15) is 18.0 Å². The Morgan fingerprint density at radius 2 is 1.97 bits per heavy atom. The van der Waals surface area contributed by atoms with Gasteiger partial charge in [0.1, 0.15) is 12.4 Å². The molecule has 10 heteroatoms. The molecule has 0 spiro atoms. The molecule has 0 aliphatic carbocycles. The number of aromatic amines is 1. The Bertz CT molecular complexity index is 1150. The second-order valence-corrected chi connectivity index (χ2v) is 6.15. The summed E-state index contributed by atoms with van der Waals surface area (Å²) >= 11 is 0. The zero-order valence-electron chi connectivity index (χ0n) is 14.7. The normalized spacial score (nSPS) is 12.7. The van der Waals surface area contributed by atoms with E-state index in [1.807, 2.05) is 0 Å². The van der Waals surface area contributed by atoms with Gasteiger partial charge in [0.25, 0.3) is 5.91 Å². The maximum absolute atomic E-state index is 13.1. The number of alkyl halides is 3. The number of amides is 1. The first-order valence-corrected chi connectivity index (χ1v) is 8.45. The topological polar surface area (TPSA) is 96.5 Å². The average molecular weight is 398 g/mol. The van der Waals surface area contributed by atoms with Gasteiger partial charge in [0.05, 0.1) is 16.6 Å². The van der Waals surface area contributed by atoms with Crippen LogP contribution in [0.25, 0.3) is 10.9 Å². The molecule has 4 aromatic rings. The van der Waals surface area contributed by atoms with Crippen molar-refractivity contribution in [1.82, 2.24) is 30.5 Å². The van der Waals surface area contributed by atoms with Gasteiger partial charge in [-0.25, -0.2) is 4.98 Å². The molecule has 7 nitrogen and oxygen atoms in total. The highest BCUT2D eigenvalue weighted by atomic mass is 19.4. The number of H-pyrrole nitrogens is 1. The van der Waals surface area contributed by atoms with Crippen LogP contribution in [-0.4, -0.2) is 31.1 Å². The first-order valence-electron chi connectivity index (χ1n) is 8.45. The number of carbonyl (C=O) groups is 1. The van der Waals surface area contributed by atoms with Gasteiger partial charge < -0.3 is 5.32 Å². The molecule has 0 saturated carbocycles. The van der Waals surface area contributed by atoms with Gasteiger partial charge in [-0.3, -0.25) is 19.9 Å². The Labute approximate surface area is 162 Å². The summed E-state index contributed by atoms with van der Waals surface area (Å²) in [5.41, 5.74) is 0.247. The second-order valence-electron chi connectivity index (χ2n) is 6.15. The molecular weight excluding hydrogens is 385 g/mol. The molecule has 1 unspecified atom stereocenters. The quantitative estimate of drug-likeness (QED) is 0.550. The van der Waals surface area contributed by atoms with Crippen LogP contribution in [0.1, 0.15) is 33.4 Å². The Kier molecular flexibility index (Phi) is 4.67. The lowest BCUT2D eigenvalue weighted by molar-refractivity contribution is -0.137. The molecule has 1 amide bonds. The fourth-order valence-corrected chi connectivity index (χ4v) is 2.95. The Morgan fingerprint density at radius 3 is 2.72 bits per heavy atom. The summed E-state index contributed by atoms with van der Waals surface area (Å²) in [6.07, 6.45) is 1.24. The molecule has 1 aromatic carbocycles. The van der Waals surface area contributed by atoms with E-state index in [1.165, 1.54) is 36.9 Å². The Morgan fingerprint density at radius 1 is 1.10 bits per heavy atom. The minimum atomic E-state index is -4.51. The monoisotopic (exact) mass is 398 g/mol. The highest BCUT2D eigenvalue weighted by Crippen LogP contribution is 2.31. The molecule has 0 saturated heterocycles. The van der Waals surface area contributed by atoms with Crippen molar-refractivity contribution in [3.05, 3.63) is 83.8 Å². The van der Waals surface area contributed by atoms with E-state index >= 15 is 0 Å². The van der Waals surface area contributed by atoms with Gasteiger partial charge in [-0.2, -0.15) is 18.3 Å². The maximum atomic E-state index is 13.1. The van der Waals surface area contributed by atoms with Crippen LogP contribution in [-0.2, 0) is 6.18 Å². The van der Waals surface area contributed by atoms with E-state index in [0.29, 0.717) is 16.5 Å². The van der Waals surface area contributed by atoms with Crippen LogP contribution >= 0.6 is 0 Å². The predicted octanol–water partition coefficient (Wildman–Crippen LogP) is 3.29. The predicted molar refractivity (Wildman–Crippen MR) is 96.7 cm³/mol. The Hall–Kier alpha value is -3.82. The van der Waals surface area contributed by atoms with Crippen LogP contribution < -0.4 is 5.32 Å². The number of halogens is 3. The largest absolute Gasteiger partial charge is 0.416 e. The van der Waals surface area contributed by atoms with Crippen molar-refractivity contribution < 1.29 is 18.0 Å². The van der Waals surface area contributed by atoms with Crippen LogP contribution in [0.2, 0.25) is 0 Å². The molecule has 3 heterocycles. The molecule has 0 radical (unpaired) electrons. The number of nitrogens with one attached hydrogen (secondary N) is 2. The molecule has 2 N–H and O–H groups in total. The zero-order valence-corrected chi connectivity index (χ0v) is 14.7. The molecule has 1 atom stereocenters. The van der Waals surface area contributed by atoms with Crippen LogP contribution in [0.15, 0.2) is 61.3 Å². The molecule has 0 bridgehead atoms. The molecular formula is C19H13F3N6O. The standard InChI is InChI=1S/C19H13F3N6O/c20-19(21,22)12-3-1-2-11(8-12)16(17-25-10-26-28-17)27-18(29)13-4-7-24-15-5-6-23-9-14(13)15/h1-10,16H,(H,27,29)(H,25,26,28). The van der Waals surface area contributed by atoms with Gasteiger partial charge in [-0.15, -0.1) is 0 Å². The van der Waals surface area contributed by atoms with Gasteiger partial charge in [0.2, 0.25) is 0 Å². The number of carbonyl (C=O) groups excluding carboxylic acids is 1. The molecule has 3 aromatic heterocycles. The third kappa shape index (κ3) is 3.77. The third-order valence-electron chi connectivity index (χ3n) is 4.32. The van der Waals surface area contributed by atoms with Crippen molar-refractivity contribution in [1.29, 1.82) is 0 Å². The van der Waals surface area contributed by atoms with Crippen LogP contribution in [0.3, 0.4) is 0 Å². The van der Waals surface area contributed by atoms with E-state index in [4.69, 9.17) is 0 Å². The van der Waals surface area contributed by atoms with Crippen molar-refractivity contribution in [2.24, 2.45) is 0 Å². The fourth-order valence-electron chi connectivity index (χ4n) is 2.95. The van der Waals surface area contributed by atoms with Gasteiger partial charge in [-0.05, 0) is 29.8 Å². The lowest BCUT2D eigenvalue weighted by atomic mass is 10.0. The first-order chi connectivity index (χ1) is 13.9. The van der Waals surface area contributed by atoms with E-state index < -0.39 is 23.7 Å². The number of nitrogens with zero attached hydrogens (tertiary/aromatic N) is 4. The number of rotatable bonds is 4. The third-order valence-corrected chi connectivity index (χ3v) is 4.32. The zero-order chi connectivity index (χ0) is 20.4. The number of benzene rings is 1. The highest BCUT2D eigenvalue weighted by Gasteiger charge is 2.32. The first kappa shape index (κ1) is 18.5. The molecule has 0 aliphatic heterocycles. The second kappa shape index (κ2) is 7.30. The summed E-state index contributed by atoms with van der Waals surface area (Å²) in [4.78, 5) is 25.2. The summed E-state index contributed by atoms with van der Waals surface area (Å²) in [7, 11) is 0. The number of aromatic nitrogens is 5. The molecule has 0 aliphatic rings. The molecule has 4 rings (SSSR count). The van der Waals surface area contributed by atoms with E-state index in [-0.39, 0.29) is 11.4 Å². The van der Waals surface area contributed by atoms with E-state index in [1.54, 1.807) is 12.3 Å². The molecule has 29 heavy (non-hydrogen) atoms. The van der Waals surface area contributed by atoms with Crippen LogP contribution in [0.4, 0.5) is 13.2 Å². The smallest absolute Gasteiger partial charge is 0.338 e. The van der Waals surface area contributed by atoms with Crippen molar-refractivity contribution in [2.75, 3.05) is 0 Å². The summed E-state index contributed by atoms with van der Waals surface area (Å²) in [6, 6.07) is 6.90. The van der Waals surface area contributed by atoms with Crippen molar-refractivity contribution in [2.45, 2.75) is 12.2 Å². The summed E-state index contributed by atoms with van der Waals surface area (Å²) < 4.78 is 39.4. The molecule has 0 fully saturated rings. The SMILES string of the molecule is O=C(NC(c1cccc(C(F)(F)F)c1)c1ncn[nH]1)c1ccnc2ccncc12. The number of hydrogen-bond donors (Lipinski definition) is 2. The lowest BCUT2D eigenvalue weighted by Crippen LogP contribution is -2.30.